The molecule has 0 radical (unpaired) electrons. The third kappa shape index (κ3) is 7.52. The fourth-order valence-electron chi connectivity index (χ4n) is 9.07. The van der Waals surface area contributed by atoms with Gasteiger partial charge in [-0.05, 0) is 89.5 Å². The number of aromatic nitrogens is 1. The Hall–Kier alpha value is -3.78. The molecule has 3 saturated carbocycles. The largest absolute Gasteiger partial charge is 0.483 e. The van der Waals surface area contributed by atoms with Crippen molar-refractivity contribution in [3.8, 4) is 5.75 Å². The van der Waals surface area contributed by atoms with Gasteiger partial charge in [0, 0.05) is 35.8 Å². The third-order valence-electron chi connectivity index (χ3n) is 13.2. The van der Waals surface area contributed by atoms with E-state index in [1.54, 1.807) is 17.9 Å². The molecular weight excluding hydrogens is 738 g/mol. The minimum Gasteiger partial charge on any atom is -0.483 e. The van der Waals surface area contributed by atoms with Crippen LogP contribution >= 0.6 is 0 Å². The summed E-state index contributed by atoms with van der Waals surface area (Å²) in [5, 5.41) is 6.85. The second kappa shape index (κ2) is 14.9. The number of pyridine rings is 1. The molecule has 56 heavy (non-hydrogen) atoms. The van der Waals surface area contributed by atoms with Crippen LogP contribution in [0.25, 0.3) is 10.9 Å². The fourth-order valence-corrected chi connectivity index (χ4v) is 10.5. The monoisotopic (exact) mass is 793 g/mol. The fraction of sp³-hybridized carbons (Fsp3) is 0.667. The SMILES string of the molecule is CC(C)COC(=O)NC1CCCCCC=CC2CCC2(CNS(=O)(=O)C2(C)CC2)NC(=O)C2CC3(CCc4c(c(C5CC5)nc5c(F)cccc45)O3)CN2C1=O. The van der Waals surface area contributed by atoms with E-state index in [-0.39, 0.29) is 61.5 Å². The predicted molar refractivity (Wildman–Crippen MR) is 209 cm³/mol. The van der Waals surface area contributed by atoms with Crippen molar-refractivity contribution in [3.05, 3.63) is 47.4 Å². The molecule has 1 spiro atoms. The normalized spacial score (nSPS) is 30.3. The van der Waals surface area contributed by atoms with Crippen molar-refractivity contribution in [2.45, 2.75) is 145 Å². The van der Waals surface area contributed by atoms with Crippen LogP contribution in [0.2, 0.25) is 0 Å². The Morgan fingerprint density at radius 3 is 2.62 bits per heavy atom. The lowest BCUT2D eigenvalue weighted by molar-refractivity contribution is -0.141. The van der Waals surface area contributed by atoms with Gasteiger partial charge in [-0.2, -0.15) is 0 Å². The van der Waals surface area contributed by atoms with E-state index in [2.05, 4.69) is 27.5 Å². The van der Waals surface area contributed by atoms with Crippen LogP contribution in [-0.2, 0) is 30.8 Å². The standard InChI is InChI=1S/C42H56FN5O7S/c1-26(2)23-54-39(51)45-32-13-8-6-4-5-7-10-28-16-19-42(28,24-44-56(52,53)40(3)20-21-40)47-37(49)33-22-41(25-48(33)38(32)50)18-17-30-29-11-9-12-31(43)35(29)46-34(27-14-15-27)36(30)55-41/h7,9-12,26-28,32-33,44H,4-6,8,13-25H2,1-3H3,(H,45,51)(H,47,49). The highest BCUT2D eigenvalue weighted by Crippen LogP contribution is 2.51. The highest BCUT2D eigenvalue weighted by molar-refractivity contribution is 7.91. The number of aryl methyl sites for hydroxylation is 1. The molecule has 3 N–H and O–H groups in total. The summed E-state index contributed by atoms with van der Waals surface area (Å²) < 4.78 is 56.3. The van der Waals surface area contributed by atoms with E-state index in [9.17, 15) is 22.8 Å². The van der Waals surface area contributed by atoms with Crippen molar-refractivity contribution < 1.29 is 36.7 Å². The molecule has 2 aromatic rings. The molecule has 1 saturated heterocycles. The van der Waals surface area contributed by atoms with E-state index in [1.165, 1.54) is 6.07 Å². The van der Waals surface area contributed by atoms with Gasteiger partial charge >= 0.3 is 6.09 Å². The number of allylic oxidation sites excluding steroid dienone is 1. The Bertz CT molecular complexity index is 2030. The van der Waals surface area contributed by atoms with Gasteiger partial charge in [0.15, 0.2) is 0 Å². The number of para-hydroxylation sites is 1. The minimum atomic E-state index is -3.62. The maximum atomic E-state index is 15.1. The van der Waals surface area contributed by atoms with E-state index in [1.807, 2.05) is 19.9 Å². The third-order valence-corrected chi connectivity index (χ3v) is 15.4. The maximum absolute atomic E-state index is 15.1. The Labute approximate surface area is 329 Å². The van der Waals surface area contributed by atoms with Crippen LogP contribution in [0.4, 0.5) is 9.18 Å². The molecule has 5 unspecified atom stereocenters. The number of benzene rings is 1. The number of halogens is 1. The quantitative estimate of drug-likeness (QED) is 0.278. The van der Waals surface area contributed by atoms with Gasteiger partial charge in [0.1, 0.15) is 34.8 Å². The molecule has 6 aliphatic rings. The summed E-state index contributed by atoms with van der Waals surface area (Å²) in [7, 11) is -3.62. The molecular formula is C42H56FN5O7S. The van der Waals surface area contributed by atoms with Gasteiger partial charge in [0.25, 0.3) is 0 Å². The number of rotatable bonds is 8. The first-order valence-corrected chi connectivity index (χ1v) is 22.2. The summed E-state index contributed by atoms with van der Waals surface area (Å²) in [6.07, 6.45) is 12.8. The first-order valence-electron chi connectivity index (χ1n) is 20.7. The zero-order chi connectivity index (χ0) is 39.5. The summed E-state index contributed by atoms with van der Waals surface area (Å²) in [4.78, 5) is 49.1. The van der Waals surface area contributed by atoms with Gasteiger partial charge in [-0.15, -0.1) is 0 Å². The number of ether oxygens (including phenoxy) is 2. The Balaban J connectivity index is 1.14. The molecule has 1 aromatic carbocycles. The Morgan fingerprint density at radius 1 is 1.11 bits per heavy atom. The van der Waals surface area contributed by atoms with E-state index < -0.39 is 44.1 Å². The Morgan fingerprint density at radius 2 is 1.91 bits per heavy atom. The van der Waals surface area contributed by atoms with E-state index in [0.29, 0.717) is 61.6 Å². The second-order valence-corrected chi connectivity index (χ2v) is 20.3. The molecule has 0 bridgehead atoms. The van der Waals surface area contributed by atoms with Crippen LogP contribution < -0.4 is 20.1 Å². The second-order valence-electron chi connectivity index (χ2n) is 18.0. The molecule has 3 aliphatic carbocycles. The topological polar surface area (TPSA) is 156 Å². The number of fused-ring (bicyclic) bond motifs is 5. The van der Waals surface area contributed by atoms with Gasteiger partial charge < -0.3 is 25.0 Å². The minimum absolute atomic E-state index is 0.0489. The number of hydrogen-bond donors (Lipinski definition) is 3. The molecule has 304 valence electrons. The first-order chi connectivity index (χ1) is 26.7. The molecule has 4 fully saturated rings. The van der Waals surface area contributed by atoms with E-state index in [4.69, 9.17) is 14.5 Å². The molecule has 5 atom stereocenters. The van der Waals surface area contributed by atoms with Crippen LogP contribution in [-0.4, -0.2) is 83.9 Å². The smallest absolute Gasteiger partial charge is 0.407 e. The lowest BCUT2D eigenvalue weighted by atomic mass is 9.66. The van der Waals surface area contributed by atoms with Crippen LogP contribution in [0.15, 0.2) is 30.4 Å². The average Bonchev–Trinajstić information content (AvgIpc) is 4.10. The number of carbonyl (C=O) groups excluding carboxylic acids is 3. The zero-order valence-electron chi connectivity index (χ0n) is 32.8. The number of hydrogen-bond acceptors (Lipinski definition) is 8. The summed E-state index contributed by atoms with van der Waals surface area (Å²) in [6, 6.07) is 3.08. The van der Waals surface area contributed by atoms with Gasteiger partial charge in [0.2, 0.25) is 21.8 Å². The van der Waals surface area contributed by atoms with Gasteiger partial charge in [-0.3, -0.25) is 9.59 Å². The van der Waals surface area contributed by atoms with Gasteiger partial charge in [-0.25, -0.2) is 27.3 Å². The van der Waals surface area contributed by atoms with Gasteiger partial charge in [0.05, 0.1) is 29.1 Å². The van der Waals surface area contributed by atoms with Gasteiger partial charge in [-0.1, -0.05) is 51.0 Å². The number of carbonyl (C=O) groups is 3. The molecule has 3 amide bonds. The predicted octanol–water partition coefficient (Wildman–Crippen LogP) is 5.92. The number of nitrogens with one attached hydrogen (secondary N) is 3. The number of amides is 3. The lowest BCUT2D eigenvalue weighted by Crippen LogP contribution is -2.67. The zero-order valence-corrected chi connectivity index (χ0v) is 33.6. The molecule has 4 heterocycles. The number of alkyl carbamates (subject to hydrolysis) is 1. The maximum Gasteiger partial charge on any atom is 0.407 e. The Kier molecular flexibility index (Phi) is 10.4. The van der Waals surface area contributed by atoms with Crippen LogP contribution in [0.3, 0.4) is 0 Å². The molecule has 14 heteroatoms. The lowest BCUT2D eigenvalue weighted by Gasteiger charge is -2.50. The van der Waals surface area contributed by atoms with Crippen molar-refractivity contribution >= 4 is 38.8 Å². The van der Waals surface area contributed by atoms with Crippen molar-refractivity contribution in [1.29, 1.82) is 0 Å². The summed E-state index contributed by atoms with van der Waals surface area (Å²) in [6.45, 7) is 5.98. The van der Waals surface area contributed by atoms with Crippen molar-refractivity contribution in [1.82, 2.24) is 25.2 Å². The highest BCUT2D eigenvalue weighted by atomic mass is 32.2. The molecule has 3 aliphatic heterocycles. The average molecular weight is 794 g/mol. The van der Waals surface area contributed by atoms with Crippen LogP contribution in [0.5, 0.6) is 5.75 Å². The van der Waals surface area contributed by atoms with Crippen LogP contribution in [0, 0.1) is 17.7 Å². The van der Waals surface area contributed by atoms with E-state index in [0.717, 1.165) is 49.8 Å². The van der Waals surface area contributed by atoms with Crippen molar-refractivity contribution in [2.24, 2.45) is 11.8 Å². The summed E-state index contributed by atoms with van der Waals surface area (Å²) >= 11 is 0. The summed E-state index contributed by atoms with van der Waals surface area (Å²) in [5.74, 6) is -0.338. The van der Waals surface area contributed by atoms with Crippen LogP contribution in [0.1, 0.15) is 121 Å². The molecule has 12 nitrogen and oxygen atoms in total. The molecule has 8 rings (SSSR count). The van der Waals surface area contributed by atoms with Crippen molar-refractivity contribution in [3.63, 3.8) is 0 Å². The summed E-state index contributed by atoms with van der Waals surface area (Å²) in [5.41, 5.74) is 0.138. The van der Waals surface area contributed by atoms with E-state index >= 15 is 4.39 Å². The number of sulfonamides is 1. The van der Waals surface area contributed by atoms with Crippen molar-refractivity contribution in [2.75, 3.05) is 19.7 Å². The first kappa shape index (κ1) is 39.1. The number of nitrogens with zero attached hydrogens (tertiary/aromatic N) is 2. The highest BCUT2D eigenvalue weighted by Gasteiger charge is 2.57. The molecule has 1 aromatic heterocycles.